The first-order valence-electron chi connectivity index (χ1n) is 3.09. The summed E-state index contributed by atoms with van der Waals surface area (Å²) < 4.78 is 3.12. The third-order valence-electron chi connectivity index (χ3n) is 0.880. The Morgan fingerprint density at radius 1 is 1.14 bits per heavy atom. The second-order valence-corrected chi connectivity index (χ2v) is 60.1. The van der Waals surface area contributed by atoms with Gasteiger partial charge in [-0.1, -0.05) is 0 Å². The van der Waals surface area contributed by atoms with Crippen molar-refractivity contribution in [3.8, 4) is 0 Å². The van der Waals surface area contributed by atoms with E-state index in [1.165, 1.54) is 0 Å². The fraction of sp³-hybridized carbons (Fsp3) is 0.200. The van der Waals surface area contributed by atoms with Gasteiger partial charge in [-0.25, -0.2) is 0 Å². The predicted octanol–water partition coefficient (Wildman–Crippen LogP) is 5.54. The van der Waals surface area contributed by atoms with Crippen LogP contribution in [0, 0.1) is 0 Å². The van der Waals surface area contributed by atoms with Crippen LogP contribution in [0.25, 0.3) is 0 Å². The summed E-state index contributed by atoms with van der Waals surface area (Å²) in [4.78, 5) is 0. The van der Waals surface area contributed by atoms with Crippen LogP contribution in [0.15, 0.2) is 22.9 Å². The Hall–Kier alpha value is 2.32. The van der Waals surface area contributed by atoms with Crippen molar-refractivity contribution in [2.75, 3.05) is 0 Å². The second-order valence-electron chi connectivity index (χ2n) is 2.40. The summed E-state index contributed by atoms with van der Waals surface area (Å²) in [5, 5.41) is 0. The summed E-state index contributed by atoms with van der Waals surface area (Å²) in [6.45, 7) is 0. The molecule has 0 saturated carbocycles. The first-order valence-corrected chi connectivity index (χ1v) is 23.3. The van der Waals surface area contributed by atoms with E-state index in [9.17, 15) is 0 Å². The van der Waals surface area contributed by atoms with E-state index in [0.29, 0.717) is 0 Å². The fourth-order valence-electron chi connectivity index (χ4n) is 0.440. The summed E-state index contributed by atoms with van der Waals surface area (Å²) in [7, 11) is 27.0. The Kier molecular flexibility index (Phi) is 5.28. The van der Waals surface area contributed by atoms with Gasteiger partial charge >= 0.3 is 62.1 Å². The molecule has 0 radical (unpaired) electrons. The Labute approximate surface area is 111 Å². The molecule has 1 aromatic heterocycles. The van der Waals surface area contributed by atoms with Crippen molar-refractivity contribution in [3.05, 3.63) is 22.9 Å². The molecule has 0 aliphatic carbocycles. The van der Waals surface area contributed by atoms with Crippen LogP contribution in [0.1, 0.15) is 0 Å². The van der Waals surface area contributed by atoms with Gasteiger partial charge in [0.05, 0.1) is 4.60 Å². The molecule has 86 valence electrons. The van der Waals surface area contributed by atoms with Gasteiger partial charge in [0, 0.05) is 13.2 Å². The van der Waals surface area contributed by atoms with Crippen molar-refractivity contribution in [3.63, 3.8) is 0 Å². The summed E-state index contributed by atoms with van der Waals surface area (Å²) >= 11 is 3.33. The molecule has 0 aliphatic heterocycles. The quantitative estimate of drug-likeness (QED) is 0.417. The minimum atomic E-state index is -5.42. The SMILES string of the molecule is Cn1cccc1Br.[Cl][Sb-]([Cl])([Cl])([Cl])([Cl])[Cl]. The third-order valence-corrected chi connectivity index (χ3v) is 1.70. The second kappa shape index (κ2) is 4.53. The summed E-state index contributed by atoms with van der Waals surface area (Å²) in [5.74, 6) is 0. The molecule has 1 aromatic rings. The maximum atomic E-state index is 5.06. The zero-order valence-corrected chi connectivity index (χ0v) is 15.4. The van der Waals surface area contributed by atoms with Gasteiger partial charge in [0.25, 0.3) is 0 Å². The molecule has 1 nitrogen and oxygen atoms in total. The Morgan fingerprint density at radius 2 is 1.50 bits per heavy atom. The molecule has 1 rings (SSSR count). The van der Waals surface area contributed by atoms with E-state index in [1.807, 2.05) is 29.9 Å². The van der Waals surface area contributed by atoms with Crippen molar-refractivity contribution in [1.29, 1.82) is 0 Å². The van der Waals surface area contributed by atoms with Crippen molar-refractivity contribution in [1.82, 2.24) is 4.57 Å². The number of halogens is 7. The van der Waals surface area contributed by atoms with Crippen LogP contribution < -0.4 is 0 Å². The van der Waals surface area contributed by atoms with Crippen LogP contribution in [0.4, 0.5) is 0 Å². The monoisotopic (exact) mass is 490 g/mol. The average Bonchev–Trinajstić information content (AvgIpc) is 2.07. The van der Waals surface area contributed by atoms with Crippen LogP contribution >= 0.6 is 68.9 Å². The number of nitrogens with zero attached hydrogens (tertiary/aromatic N) is 1. The maximum absolute atomic E-state index is 5.42. The van der Waals surface area contributed by atoms with Gasteiger partial charge in [-0.2, -0.15) is 0 Å². The van der Waals surface area contributed by atoms with Crippen molar-refractivity contribution in [2.24, 2.45) is 7.05 Å². The molecular formula is C5H6BrCl6NSb-. The zero-order chi connectivity index (χ0) is 11.7. The van der Waals surface area contributed by atoms with Gasteiger partial charge < -0.3 is 4.57 Å². The standard InChI is InChI=1S/C5H6BrN.6ClH.Sb/c1-7-4-2-3-5(7)6;;;;;;;/h2-4H,1H3;6*1H;/q;;;;;;;+5/p-6. The Morgan fingerprint density at radius 3 is 1.57 bits per heavy atom. The van der Waals surface area contributed by atoms with Crippen LogP contribution in [0.3, 0.4) is 0 Å². The van der Waals surface area contributed by atoms with Crippen LogP contribution in [-0.2, 0) is 7.05 Å². The van der Waals surface area contributed by atoms with Gasteiger partial charge in [-0.15, -0.1) is 0 Å². The molecule has 0 bridgehead atoms. The van der Waals surface area contributed by atoms with Gasteiger partial charge in [0.15, 0.2) is 0 Å². The molecule has 0 N–H and O–H groups in total. The number of hydrogen-bond acceptors (Lipinski definition) is 0. The molecule has 9 heteroatoms. The molecule has 0 atom stereocenters. The van der Waals surface area contributed by atoms with E-state index in [-0.39, 0.29) is 0 Å². The number of aryl methyl sites for hydroxylation is 1. The minimum absolute atomic E-state index is 1.12. The van der Waals surface area contributed by atoms with E-state index < -0.39 is 9.14 Å². The average molecular weight is 494 g/mol. The Balaban J connectivity index is 0.000000241. The van der Waals surface area contributed by atoms with Gasteiger partial charge in [0.2, 0.25) is 0 Å². The predicted molar refractivity (Wildman–Crippen MR) is 74.0 cm³/mol. The number of hydrogen-bond donors (Lipinski definition) is 0. The van der Waals surface area contributed by atoms with Gasteiger partial charge in [0.1, 0.15) is 0 Å². The van der Waals surface area contributed by atoms with Crippen molar-refractivity contribution in [2.45, 2.75) is 0 Å². The summed E-state index contributed by atoms with van der Waals surface area (Å²) in [6.07, 6.45) is 1.99. The molecule has 0 spiro atoms. The van der Waals surface area contributed by atoms with Crippen molar-refractivity contribution >= 4 is 78.0 Å². The van der Waals surface area contributed by atoms with Crippen molar-refractivity contribution < 1.29 is 0 Å². The summed E-state index contributed by atoms with van der Waals surface area (Å²) in [6, 6.07) is 3.99. The zero-order valence-electron chi connectivity index (χ0n) is 6.77. The molecule has 1 heterocycles. The molecule has 0 unspecified atom stereocenters. The molecule has 14 heavy (non-hydrogen) atoms. The number of aromatic nitrogens is 1. The van der Waals surface area contributed by atoms with Gasteiger partial charge in [-0.3, -0.25) is 0 Å². The topological polar surface area (TPSA) is 4.93 Å². The van der Waals surface area contributed by atoms with Crippen LogP contribution in [0.5, 0.6) is 0 Å². The molecular weight excluding hydrogens is 488 g/mol. The molecule has 0 amide bonds. The summed E-state index contributed by atoms with van der Waals surface area (Å²) in [5.41, 5.74) is 0. The molecule has 0 fully saturated rings. The van der Waals surface area contributed by atoms with Gasteiger partial charge in [-0.05, 0) is 28.1 Å². The molecule has 0 aliphatic rings. The third kappa shape index (κ3) is 16.7. The normalized spacial score (nSPS) is 16.3. The van der Waals surface area contributed by atoms with E-state index >= 15 is 0 Å². The van der Waals surface area contributed by atoms with E-state index in [4.69, 9.17) is 53.0 Å². The van der Waals surface area contributed by atoms with E-state index in [2.05, 4.69) is 15.9 Å². The van der Waals surface area contributed by atoms with Crippen LogP contribution in [0.2, 0.25) is 0 Å². The molecule has 0 aromatic carbocycles. The van der Waals surface area contributed by atoms with Crippen LogP contribution in [-0.4, -0.2) is 13.7 Å². The fourth-order valence-corrected chi connectivity index (χ4v) is 0.711. The van der Waals surface area contributed by atoms with E-state index in [0.717, 1.165) is 4.60 Å². The molecule has 0 saturated heterocycles. The number of rotatable bonds is 0. The first-order chi connectivity index (χ1) is 5.75. The van der Waals surface area contributed by atoms with E-state index in [1.54, 1.807) is 0 Å². The Bertz CT molecular complexity index is 285. The first kappa shape index (κ1) is 16.3.